The Bertz CT molecular complexity index is 788. The Morgan fingerprint density at radius 2 is 1.82 bits per heavy atom. The Kier molecular flexibility index (Phi) is 7.78. The van der Waals surface area contributed by atoms with Gasteiger partial charge in [0.1, 0.15) is 0 Å². The molecule has 1 aromatic carbocycles. The highest BCUT2D eigenvalue weighted by atomic mass is 32.2. The maximum atomic E-state index is 12.9. The van der Waals surface area contributed by atoms with Gasteiger partial charge in [-0.3, -0.25) is 4.79 Å². The summed E-state index contributed by atoms with van der Waals surface area (Å²) in [5, 5.41) is 5.12. The summed E-state index contributed by atoms with van der Waals surface area (Å²) in [6, 6.07) is 5.90. The van der Waals surface area contributed by atoms with E-state index < -0.39 is 22.0 Å². The second-order valence-corrected chi connectivity index (χ2v) is 8.45. The van der Waals surface area contributed by atoms with Gasteiger partial charge in [-0.05, 0) is 39.0 Å². The number of sulfonamides is 1. The molecule has 1 aliphatic heterocycles. The molecule has 0 spiro atoms. The van der Waals surface area contributed by atoms with Crippen LogP contribution in [-0.4, -0.2) is 69.7 Å². The highest BCUT2D eigenvalue weighted by molar-refractivity contribution is 7.89. The van der Waals surface area contributed by atoms with Crippen molar-refractivity contribution in [2.45, 2.75) is 37.9 Å². The van der Waals surface area contributed by atoms with E-state index in [-0.39, 0.29) is 55.5 Å². The zero-order valence-corrected chi connectivity index (χ0v) is 17.1. The molecule has 1 aliphatic rings. The Labute approximate surface area is 165 Å². The molecule has 0 bridgehead atoms. The Hall–Kier alpha value is -2.17. The lowest BCUT2D eigenvalue weighted by molar-refractivity contribution is -0.0440. The van der Waals surface area contributed by atoms with E-state index in [1.807, 2.05) is 13.8 Å². The fraction of sp³-hybridized carbons (Fsp3) is 0.556. The number of nitrogens with zero attached hydrogens (tertiary/aromatic N) is 1. The molecule has 1 saturated heterocycles. The molecule has 2 atom stereocenters. The van der Waals surface area contributed by atoms with E-state index in [4.69, 9.17) is 9.47 Å². The van der Waals surface area contributed by atoms with E-state index in [1.165, 1.54) is 28.6 Å². The standard InChI is InChI=1S/C18H27N3O6S/c1-4-26-18(23)20-9-8-19-17(22)15-6-5-7-16(10-15)28(24,25)21-11-13(2)27-14(3)12-21/h5-7,10,13-14H,4,8-9,11-12H2,1-3H3,(H,19,22)(H,20,23). The third-order valence-corrected chi connectivity index (χ3v) is 5.90. The molecule has 0 aliphatic carbocycles. The quantitative estimate of drug-likeness (QED) is 0.644. The smallest absolute Gasteiger partial charge is 0.407 e. The lowest BCUT2D eigenvalue weighted by Gasteiger charge is -2.34. The van der Waals surface area contributed by atoms with Crippen molar-refractivity contribution in [2.24, 2.45) is 0 Å². The molecule has 1 aromatic rings. The van der Waals surface area contributed by atoms with Gasteiger partial charge in [0, 0.05) is 31.7 Å². The van der Waals surface area contributed by atoms with E-state index in [1.54, 1.807) is 6.92 Å². The van der Waals surface area contributed by atoms with Gasteiger partial charge in [0.25, 0.3) is 5.91 Å². The highest BCUT2D eigenvalue weighted by Crippen LogP contribution is 2.21. The van der Waals surface area contributed by atoms with E-state index in [0.29, 0.717) is 0 Å². The van der Waals surface area contributed by atoms with Crippen LogP contribution < -0.4 is 10.6 Å². The largest absolute Gasteiger partial charge is 0.450 e. The first-order valence-corrected chi connectivity index (χ1v) is 10.6. The predicted molar refractivity (Wildman–Crippen MR) is 103 cm³/mol. The number of ether oxygens (including phenoxy) is 2. The summed E-state index contributed by atoms with van der Waals surface area (Å²) in [4.78, 5) is 23.5. The molecule has 2 amide bonds. The van der Waals surface area contributed by atoms with Crippen LogP contribution >= 0.6 is 0 Å². The zero-order valence-electron chi connectivity index (χ0n) is 16.3. The normalized spacial score (nSPS) is 20.4. The number of hydrogen-bond donors (Lipinski definition) is 2. The van der Waals surface area contributed by atoms with Gasteiger partial charge in [-0.1, -0.05) is 6.07 Å². The van der Waals surface area contributed by atoms with Crippen molar-refractivity contribution < 1.29 is 27.5 Å². The Morgan fingerprint density at radius 3 is 2.46 bits per heavy atom. The topological polar surface area (TPSA) is 114 Å². The van der Waals surface area contributed by atoms with Crippen LogP contribution in [0.2, 0.25) is 0 Å². The van der Waals surface area contributed by atoms with Gasteiger partial charge in [0.05, 0.1) is 23.7 Å². The van der Waals surface area contributed by atoms with Gasteiger partial charge in [0.2, 0.25) is 10.0 Å². The molecule has 2 rings (SSSR count). The number of carbonyl (C=O) groups excluding carboxylic acids is 2. The number of alkyl carbamates (subject to hydrolysis) is 1. The first kappa shape index (κ1) is 22.1. The van der Waals surface area contributed by atoms with E-state index in [2.05, 4.69) is 10.6 Å². The molecule has 10 heteroatoms. The maximum absolute atomic E-state index is 12.9. The lowest BCUT2D eigenvalue weighted by Crippen LogP contribution is -2.48. The van der Waals surface area contributed by atoms with Crippen LogP contribution in [0.25, 0.3) is 0 Å². The number of hydrogen-bond acceptors (Lipinski definition) is 6. The van der Waals surface area contributed by atoms with Gasteiger partial charge < -0.3 is 20.1 Å². The number of amides is 2. The van der Waals surface area contributed by atoms with Crippen molar-refractivity contribution in [1.82, 2.24) is 14.9 Å². The molecule has 0 aromatic heterocycles. The van der Waals surface area contributed by atoms with Crippen molar-refractivity contribution in [2.75, 3.05) is 32.8 Å². The van der Waals surface area contributed by atoms with Crippen LogP contribution in [0.15, 0.2) is 29.2 Å². The van der Waals surface area contributed by atoms with Crippen LogP contribution in [0.5, 0.6) is 0 Å². The second kappa shape index (κ2) is 9.85. The Balaban J connectivity index is 2.00. The van der Waals surface area contributed by atoms with Crippen LogP contribution in [-0.2, 0) is 19.5 Å². The second-order valence-electron chi connectivity index (χ2n) is 6.51. The first-order valence-electron chi connectivity index (χ1n) is 9.18. The first-order chi connectivity index (χ1) is 13.2. The summed E-state index contributed by atoms with van der Waals surface area (Å²) in [6.45, 7) is 6.53. The summed E-state index contributed by atoms with van der Waals surface area (Å²) in [5.74, 6) is -0.425. The molecule has 156 valence electrons. The molecule has 1 fully saturated rings. The summed E-state index contributed by atoms with van der Waals surface area (Å²) in [5.41, 5.74) is 0.228. The number of carbonyl (C=O) groups is 2. The van der Waals surface area contributed by atoms with Crippen molar-refractivity contribution >= 4 is 22.0 Å². The molecule has 2 N–H and O–H groups in total. The van der Waals surface area contributed by atoms with Gasteiger partial charge in [-0.25, -0.2) is 13.2 Å². The minimum Gasteiger partial charge on any atom is -0.450 e. The average molecular weight is 413 g/mol. The predicted octanol–water partition coefficient (Wildman–Crippen LogP) is 0.960. The third-order valence-electron chi connectivity index (χ3n) is 4.08. The fourth-order valence-corrected chi connectivity index (χ4v) is 4.54. The summed E-state index contributed by atoms with van der Waals surface area (Å²) < 4.78 is 37.5. The third kappa shape index (κ3) is 5.91. The van der Waals surface area contributed by atoms with Crippen molar-refractivity contribution in [1.29, 1.82) is 0 Å². The number of morpholine rings is 1. The van der Waals surface area contributed by atoms with Crippen LogP contribution in [0, 0.1) is 0 Å². The molecule has 2 unspecified atom stereocenters. The maximum Gasteiger partial charge on any atom is 0.407 e. The average Bonchev–Trinajstić information content (AvgIpc) is 2.64. The minimum atomic E-state index is -3.73. The van der Waals surface area contributed by atoms with E-state index >= 15 is 0 Å². The number of nitrogens with one attached hydrogen (secondary N) is 2. The number of rotatable bonds is 7. The molecule has 0 radical (unpaired) electrons. The molecular formula is C18H27N3O6S. The van der Waals surface area contributed by atoms with Crippen LogP contribution in [0.4, 0.5) is 4.79 Å². The van der Waals surface area contributed by atoms with Crippen LogP contribution in [0.3, 0.4) is 0 Å². The monoisotopic (exact) mass is 413 g/mol. The minimum absolute atomic E-state index is 0.0612. The molecule has 9 nitrogen and oxygen atoms in total. The molecule has 0 saturated carbocycles. The van der Waals surface area contributed by atoms with E-state index in [9.17, 15) is 18.0 Å². The SMILES string of the molecule is CCOC(=O)NCCNC(=O)c1cccc(S(=O)(=O)N2CC(C)OC(C)C2)c1. The zero-order chi connectivity index (χ0) is 20.7. The van der Waals surface area contributed by atoms with Gasteiger partial charge in [-0.2, -0.15) is 4.31 Å². The van der Waals surface area contributed by atoms with Gasteiger partial charge in [0.15, 0.2) is 0 Å². The summed E-state index contributed by atoms with van der Waals surface area (Å²) >= 11 is 0. The van der Waals surface area contributed by atoms with Crippen molar-refractivity contribution in [3.8, 4) is 0 Å². The molecule has 1 heterocycles. The Morgan fingerprint density at radius 1 is 1.18 bits per heavy atom. The van der Waals surface area contributed by atoms with Crippen molar-refractivity contribution in [3.63, 3.8) is 0 Å². The van der Waals surface area contributed by atoms with Gasteiger partial charge in [-0.15, -0.1) is 0 Å². The summed E-state index contributed by atoms with van der Waals surface area (Å²) in [7, 11) is -3.73. The molecular weight excluding hydrogens is 386 g/mol. The highest BCUT2D eigenvalue weighted by Gasteiger charge is 2.32. The van der Waals surface area contributed by atoms with Crippen molar-refractivity contribution in [3.05, 3.63) is 29.8 Å². The molecule has 28 heavy (non-hydrogen) atoms. The number of benzene rings is 1. The van der Waals surface area contributed by atoms with Gasteiger partial charge >= 0.3 is 6.09 Å². The lowest BCUT2D eigenvalue weighted by atomic mass is 10.2. The van der Waals surface area contributed by atoms with Crippen LogP contribution in [0.1, 0.15) is 31.1 Å². The van der Waals surface area contributed by atoms with E-state index in [0.717, 1.165) is 0 Å². The fourth-order valence-electron chi connectivity index (χ4n) is 2.90. The summed E-state index contributed by atoms with van der Waals surface area (Å²) in [6.07, 6.45) is -0.951.